The van der Waals surface area contributed by atoms with Crippen molar-refractivity contribution in [2.75, 3.05) is 0 Å². The molecule has 0 aliphatic rings. The molecule has 1 unspecified atom stereocenters. The highest BCUT2D eigenvalue weighted by Crippen LogP contribution is 2.27. The Morgan fingerprint density at radius 1 is 1.33 bits per heavy atom. The van der Waals surface area contributed by atoms with Crippen molar-refractivity contribution in [2.24, 2.45) is 5.41 Å². The Labute approximate surface area is 173 Å². The van der Waals surface area contributed by atoms with Gasteiger partial charge < -0.3 is 8.99 Å². The maximum absolute atomic E-state index is 8.97. The molecular formula is C21H30BrN3OSi. The fraction of sp³-hybridized carbons (Fsp3) is 0.524. The van der Waals surface area contributed by atoms with Crippen molar-refractivity contribution in [2.45, 2.75) is 65.8 Å². The maximum Gasteiger partial charge on any atom is 0.171 e. The van der Waals surface area contributed by atoms with Crippen molar-refractivity contribution in [3.8, 4) is 6.07 Å². The van der Waals surface area contributed by atoms with Crippen molar-refractivity contribution >= 4 is 25.0 Å². The van der Waals surface area contributed by atoms with Gasteiger partial charge in [0.05, 0.1) is 23.7 Å². The molecule has 6 heteroatoms. The van der Waals surface area contributed by atoms with Gasteiger partial charge in [-0.05, 0) is 55.5 Å². The van der Waals surface area contributed by atoms with E-state index >= 15 is 0 Å². The summed E-state index contributed by atoms with van der Waals surface area (Å²) >= 11 is 3.55. The number of rotatable bonds is 8. The lowest BCUT2D eigenvalue weighted by Gasteiger charge is -2.32. The lowest BCUT2D eigenvalue weighted by Crippen LogP contribution is -2.33. The maximum atomic E-state index is 8.97. The highest BCUT2D eigenvalue weighted by molar-refractivity contribution is 9.10. The van der Waals surface area contributed by atoms with Crippen molar-refractivity contribution in [1.29, 1.82) is 5.26 Å². The molecule has 0 aliphatic heterocycles. The SMILES string of the molecule is C[SiH](C)OC(CCCc1cn(Cc2ccc(C#N)cc2Br)cn1)C(C)(C)C. The molecule has 0 fully saturated rings. The Morgan fingerprint density at radius 3 is 2.67 bits per heavy atom. The minimum Gasteiger partial charge on any atom is -0.417 e. The molecule has 1 aromatic heterocycles. The molecule has 0 N–H and O–H groups in total. The van der Waals surface area contributed by atoms with E-state index in [4.69, 9.17) is 9.69 Å². The molecule has 0 aliphatic carbocycles. The van der Waals surface area contributed by atoms with E-state index in [0.29, 0.717) is 11.7 Å². The van der Waals surface area contributed by atoms with Gasteiger partial charge in [0, 0.05) is 23.3 Å². The van der Waals surface area contributed by atoms with E-state index in [1.165, 1.54) is 0 Å². The standard InChI is InChI=1S/C21H30BrN3OSi/c1-21(2,3)20(26-27(4)5)8-6-7-18-14-25(15-24-18)13-17-10-9-16(12-23)11-19(17)22/h9-11,14-15,20,27H,6-8,13H2,1-5H3. The summed E-state index contributed by atoms with van der Waals surface area (Å²) in [4.78, 5) is 4.56. The third-order valence-corrected chi connectivity index (χ3v) is 6.13. The molecule has 1 atom stereocenters. The van der Waals surface area contributed by atoms with Gasteiger partial charge in [-0.2, -0.15) is 5.26 Å². The zero-order valence-corrected chi connectivity index (χ0v) is 19.7. The number of halogens is 1. The van der Waals surface area contributed by atoms with Crippen LogP contribution in [0.5, 0.6) is 0 Å². The minimum atomic E-state index is -1.04. The van der Waals surface area contributed by atoms with E-state index in [0.717, 1.165) is 41.5 Å². The van der Waals surface area contributed by atoms with Gasteiger partial charge in [-0.3, -0.25) is 0 Å². The monoisotopic (exact) mass is 447 g/mol. The molecule has 2 aromatic rings. The lowest BCUT2D eigenvalue weighted by atomic mass is 9.86. The quantitative estimate of drug-likeness (QED) is 0.515. The first-order valence-electron chi connectivity index (χ1n) is 9.53. The van der Waals surface area contributed by atoms with Gasteiger partial charge in [0.15, 0.2) is 9.04 Å². The molecular weight excluding hydrogens is 418 g/mol. The van der Waals surface area contributed by atoms with Crippen LogP contribution >= 0.6 is 15.9 Å². The van der Waals surface area contributed by atoms with Crippen molar-refractivity contribution in [3.05, 3.63) is 52.0 Å². The van der Waals surface area contributed by atoms with E-state index < -0.39 is 9.04 Å². The number of aryl methyl sites for hydroxylation is 1. The van der Waals surface area contributed by atoms with Crippen LogP contribution in [-0.2, 0) is 17.4 Å². The zero-order chi connectivity index (χ0) is 20.0. The minimum absolute atomic E-state index is 0.179. The summed E-state index contributed by atoms with van der Waals surface area (Å²) in [5.41, 5.74) is 3.10. The number of aromatic nitrogens is 2. The van der Waals surface area contributed by atoms with Gasteiger partial charge in [-0.15, -0.1) is 0 Å². The van der Waals surface area contributed by atoms with Crippen LogP contribution in [0.1, 0.15) is 50.4 Å². The van der Waals surface area contributed by atoms with E-state index in [-0.39, 0.29) is 5.41 Å². The zero-order valence-electron chi connectivity index (χ0n) is 17.0. The van der Waals surface area contributed by atoms with Crippen LogP contribution < -0.4 is 0 Å². The smallest absolute Gasteiger partial charge is 0.171 e. The summed E-state index contributed by atoms with van der Waals surface area (Å²) in [6.45, 7) is 12.0. The van der Waals surface area contributed by atoms with Crippen LogP contribution in [0.3, 0.4) is 0 Å². The lowest BCUT2D eigenvalue weighted by molar-refractivity contribution is 0.0766. The summed E-state index contributed by atoms with van der Waals surface area (Å²) in [7, 11) is -1.04. The number of nitriles is 1. The predicted molar refractivity (Wildman–Crippen MR) is 116 cm³/mol. The fourth-order valence-electron chi connectivity index (χ4n) is 3.07. The third kappa shape index (κ3) is 6.91. The average Bonchev–Trinajstić information content (AvgIpc) is 3.02. The van der Waals surface area contributed by atoms with Crippen LogP contribution in [0.2, 0.25) is 13.1 Å². The highest BCUT2D eigenvalue weighted by atomic mass is 79.9. The molecule has 1 heterocycles. The predicted octanol–water partition coefficient (Wildman–Crippen LogP) is 5.30. The van der Waals surface area contributed by atoms with Crippen LogP contribution in [0.4, 0.5) is 0 Å². The first-order valence-corrected chi connectivity index (χ1v) is 13.1. The van der Waals surface area contributed by atoms with Crippen LogP contribution in [0.25, 0.3) is 0 Å². The van der Waals surface area contributed by atoms with Gasteiger partial charge in [0.2, 0.25) is 0 Å². The van der Waals surface area contributed by atoms with Crippen LogP contribution in [-0.4, -0.2) is 24.7 Å². The van der Waals surface area contributed by atoms with Crippen LogP contribution in [0.15, 0.2) is 35.2 Å². The molecule has 146 valence electrons. The summed E-state index contributed by atoms with van der Waals surface area (Å²) in [6, 6.07) is 7.86. The molecule has 0 amide bonds. The fourth-order valence-corrected chi connectivity index (χ4v) is 4.77. The van der Waals surface area contributed by atoms with E-state index in [1.807, 2.05) is 24.5 Å². The molecule has 0 bridgehead atoms. The second-order valence-corrected chi connectivity index (χ2v) is 11.6. The Morgan fingerprint density at radius 2 is 2.07 bits per heavy atom. The van der Waals surface area contributed by atoms with Gasteiger partial charge in [-0.1, -0.05) is 42.8 Å². The third-order valence-electron chi connectivity index (χ3n) is 4.52. The molecule has 0 radical (unpaired) electrons. The summed E-state index contributed by atoms with van der Waals surface area (Å²) in [6.07, 6.45) is 7.45. The first kappa shape index (κ1) is 21.9. The average molecular weight is 448 g/mol. The first-order chi connectivity index (χ1) is 12.7. The molecule has 27 heavy (non-hydrogen) atoms. The second kappa shape index (κ2) is 9.68. The summed E-state index contributed by atoms with van der Waals surface area (Å²) in [5, 5.41) is 8.97. The Balaban J connectivity index is 1.91. The topological polar surface area (TPSA) is 50.8 Å². The van der Waals surface area contributed by atoms with Crippen molar-refractivity contribution < 1.29 is 4.43 Å². The van der Waals surface area contributed by atoms with Crippen molar-refractivity contribution in [1.82, 2.24) is 9.55 Å². The van der Waals surface area contributed by atoms with Gasteiger partial charge >= 0.3 is 0 Å². The highest BCUT2D eigenvalue weighted by Gasteiger charge is 2.25. The normalized spacial score (nSPS) is 13.0. The molecule has 0 spiro atoms. The van der Waals surface area contributed by atoms with Gasteiger partial charge in [0.1, 0.15) is 0 Å². The van der Waals surface area contributed by atoms with E-state index in [2.05, 4.69) is 71.6 Å². The summed E-state index contributed by atoms with van der Waals surface area (Å²) in [5.74, 6) is 0. The Hall–Kier alpha value is -1.42. The number of benzene rings is 1. The van der Waals surface area contributed by atoms with Gasteiger partial charge in [0.25, 0.3) is 0 Å². The molecule has 0 saturated carbocycles. The molecule has 2 rings (SSSR count). The summed E-state index contributed by atoms with van der Waals surface area (Å²) < 4.78 is 9.31. The Bertz CT molecular complexity index is 789. The van der Waals surface area contributed by atoms with E-state index in [9.17, 15) is 0 Å². The molecule has 1 aromatic carbocycles. The number of imidazole rings is 1. The number of hydrogen-bond donors (Lipinski definition) is 0. The van der Waals surface area contributed by atoms with E-state index in [1.54, 1.807) is 0 Å². The largest absolute Gasteiger partial charge is 0.417 e. The Kier molecular flexibility index (Phi) is 7.84. The number of hydrogen-bond acceptors (Lipinski definition) is 3. The number of nitrogens with zero attached hydrogens (tertiary/aromatic N) is 3. The van der Waals surface area contributed by atoms with Crippen LogP contribution in [0, 0.1) is 16.7 Å². The second-order valence-electron chi connectivity index (χ2n) is 8.39. The molecule has 4 nitrogen and oxygen atoms in total. The van der Waals surface area contributed by atoms with Gasteiger partial charge in [-0.25, -0.2) is 4.98 Å². The molecule has 0 saturated heterocycles. The van der Waals surface area contributed by atoms with Crippen molar-refractivity contribution in [3.63, 3.8) is 0 Å².